The predicted octanol–water partition coefficient (Wildman–Crippen LogP) is 2.35. The van der Waals surface area contributed by atoms with E-state index in [1.54, 1.807) is 18.7 Å². The molecular weight excluding hydrogens is 402 g/mol. The second-order valence-electron chi connectivity index (χ2n) is 6.43. The van der Waals surface area contributed by atoms with Crippen molar-refractivity contribution in [2.75, 3.05) is 12.9 Å². The Morgan fingerprint density at radius 1 is 1.13 bits per heavy atom. The minimum atomic E-state index is -0.790. The third-order valence-corrected chi connectivity index (χ3v) is 5.02. The van der Waals surface area contributed by atoms with E-state index in [0.29, 0.717) is 12.2 Å². The molecule has 2 aromatic carbocycles. The summed E-state index contributed by atoms with van der Waals surface area (Å²) < 4.78 is 5.10. The summed E-state index contributed by atoms with van der Waals surface area (Å²) in [5, 5.41) is 14.9. The van der Waals surface area contributed by atoms with E-state index in [-0.39, 0.29) is 13.2 Å². The molecule has 1 heterocycles. The van der Waals surface area contributed by atoms with Crippen LogP contribution < -0.4 is 5.32 Å². The summed E-state index contributed by atoms with van der Waals surface area (Å²) in [6, 6.07) is 16.4. The van der Waals surface area contributed by atoms with Crippen LogP contribution in [0.3, 0.4) is 0 Å². The van der Waals surface area contributed by atoms with E-state index < -0.39 is 17.9 Å². The van der Waals surface area contributed by atoms with Crippen molar-refractivity contribution in [2.24, 2.45) is 0 Å². The van der Waals surface area contributed by atoms with Crippen LogP contribution in [0.2, 0.25) is 0 Å². The number of tetrazole rings is 1. The lowest BCUT2D eigenvalue weighted by atomic mass is 10.1. The van der Waals surface area contributed by atoms with Gasteiger partial charge in [0.2, 0.25) is 11.7 Å². The normalized spacial score (nSPS) is 11.7. The van der Waals surface area contributed by atoms with E-state index in [0.717, 1.165) is 16.0 Å². The molecule has 0 spiro atoms. The van der Waals surface area contributed by atoms with Gasteiger partial charge in [0.25, 0.3) is 0 Å². The van der Waals surface area contributed by atoms with E-state index in [1.165, 1.54) is 4.80 Å². The van der Waals surface area contributed by atoms with Crippen LogP contribution in [0.15, 0.2) is 59.5 Å². The van der Waals surface area contributed by atoms with E-state index in [9.17, 15) is 9.59 Å². The van der Waals surface area contributed by atoms with Gasteiger partial charge in [-0.3, -0.25) is 4.79 Å². The number of esters is 1. The maximum atomic E-state index is 12.5. The molecule has 0 radical (unpaired) electrons. The minimum absolute atomic E-state index is 0.152. The van der Waals surface area contributed by atoms with Gasteiger partial charge < -0.3 is 10.1 Å². The Hall–Kier alpha value is -3.20. The van der Waals surface area contributed by atoms with E-state index >= 15 is 0 Å². The summed E-state index contributed by atoms with van der Waals surface area (Å²) >= 11 is 1.65. The van der Waals surface area contributed by atoms with Gasteiger partial charge in [-0.2, -0.15) is 4.80 Å². The summed E-state index contributed by atoms with van der Waals surface area (Å²) in [7, 11) is 0. The molecule has 3 rings (SSSR count). The molecule has 1 atom stereocenters. The van der Waals surface area contributed by atoms with Gasteiger partial charge in [0.1, 0.15) is 12.6 Å². The van der Waals surface area contributed by atoms with Gasteiger partial charge in [-0.05, 0) is 48.2 Å². The largest absolute Gasteiger partial charge is 0.464 e. The van der Waals surface area contributed by atoms with Crippen LogP contribution in [0, 0.1) is 0 Å². The molecule has 0 unspecified atom stereocenters. The highest BCUT2D eigenvalue weighted by molar-refractivity contribution is 7.98. The molecular formula is C21H23N5O3S. The van der Waals surface area contributed by atoms with Crippen molar-refractivity contribution >= 4 is 23.6 Å². The number of rotatable bonds is 9. The first-order valence-electron chi connectivity index (χ1n) is 9.51. The van der Waals surface area contributed by atoms with Crippen LogP contribution in [0.25, 0.3) is 11.4 Å². The molecule has 1 aromatic heterocycles. The Morgan fingerprint density at radius 3 is 2.53 bits per heavy atom. The third kappa shape index (κ3) is 5.90. The molecule has 0 aliphatic carbocycles. The summed E-state index contributed by atoms with van der Waals surface area (Å²) in [4.78, 5) is 27.1. The van der Waals surface area contributed by atoms with Crippen LogP contribution >= 0.6 is 11.8 Å². The average Bonchev–Trinajstić information content (AvgIpc) is 3.22. The minimum Gasteiger partial charge on any atom is -0.464 e. The van der Waals surface area contributed by atoms with E-state index in [2.05, 4.69) is 20.7 Å². The first kappa shape index (κ1) is 21.5. The Balaban J connectivity index is 1.64. The molecule has 3 aromatic rings. The second kappa shape index (κ2) is 10.5. The lowest BCUT2D eigenvalue weighted by Crippen LogP contribution is -2.44. The number of amides is 1. The highest BCUT2D eigenvalue weighted by Gasteiger charge is 2.23. The smallest absolute Gasteiger partial charge is 0.328 e. The SMILES string of the molecule is CCOC(=O)[C@H](Cc1ccccc1)NC(=O)Cn1nnc(-c2ccc(SC)cc2)n1. The number of benzene rings is 2. The number of thioether (sulfide) groups is 1. The molecule has 0 saturated carbocycles. The lowest BCUT2D eigenvalue weighted by Gasteiger charge is -2.17. The molecule has 0 saturated heterocycles. The number of aromatic nitrogens is 4. The zero-order valence-corrected chi connectivity index (χ0v) is 17.6. The number of hydrogen-bond donors (Lipinski definition) is 1. The van der Waals surface area contributed by atoms with Crippen molar-refractivity contribution in [3.63, 3.8) is 0 Å². The van der Waals surface area contributed by atoms with Crippen molar-refractivity contribution in [3.8, 4) is 11.4 Å². The standard InChI is InChI=1S/C21H23N5O3S/c1-3-29-21(28)18(13-15-7-5-4-6-8-15)22-19(27)14-26-24-20(23-25-26)16-9-11-17(30-2)12-10-16/h4-12,18H,3,13-14H2,1-2H3,(H,22,27)/t18-/m0/s1. The fraction of sp³-hybridized carbons (Fsp3) is 0.286. The van der Waals surface area contributed by atoms with Gasteiger partial charge in [0.05, 0.1) is 6.61 Å². The van der Waals surface area contributed by atoms with Gasteiger partial charge in [-0.25, -0.2) is 4.79 Å². The molecule has 9 heteroatoms. The molecule has 1 N–H and O–H groups in total. The highest BCUT2D eigenvalue weighted by Crippen LogP contribution is 2.19. The zero-order chi connectivity index (χ0) is 21.3. The quantitative estimate of drug-likeness (QED) is 0.415. The summed E-state index contributed by atoms with van der Waals surface area (Å²) in [6.07, 6.45) is 2.34. The summed E-state index contributed by atoms with van der Waals surface area (Å²) in [6.45, 7) is 1.82. The maximum Gasteiger partial charge on any atom is 0.328 e. The average molecular weight is 426 g/mol. The van der Waals surface area contributed by atoms with Crippen LogP contribution in [0.4, 0.5) is 0 Å². The first-order valence-corrected chi connectivity index (χ1v) is 10.7. The van der Waals surface area contributed by atoms with Crippen LogP contribution in [0.5, 0.6) is 0 Å². The van der Waals surface area contributed by atoms with Gasteiger partial charge in [0, 0.05) is 16.9 Å². The Labute approximate surface area is 179 Å². The molecule has 0 fully saturated rings. The van der Waals surface area contributed by atoms with Crippen molar-refractivity contribution < 1.29 is 14.3 Å². The molecule has 156 valence electrons. The van der Waals surface area contributed by atoms with E-state index in [4.69, 9.17) is 4.74 Å². The van der Waals surface area contributed by atoms with E-state index in [1.807, 2.05) is 60.9 Å². The molecule has 8 nitrogen and oxygen atoms in total. The third-order valence-electron chi connectivity index (χ3n) is 4.28. The number of carbonyl (C=O) groups is 2. The molecule has 0 bridgehead atoms. The van der Waals surface area contributed by atoms with Gasteiger partial charge in [0.15, 0.2) is 0 Å². The predicted molar refractivity (Wildman–Crippen MR) is 114 cm³/mol. The van der Waals surface area contributed by atoms with Gasteiger partial charge >= 0.3 is 5.97 Å². The van der Waals surface area contributed by atoms with Crippen LogP contribution in [-0.4, -0.2) is 51.0 Å². The second-order valence-corrected chi connectivity index (χ2v) is 7.31. The Bertz CT molecular complexity index is 976. The monoisotopic (exact) mass is 425 g/mol. The van der Waals surface area contributed by atoms with Crippen molar-refractivity contribution in [1.29, 1.82) is 0 Å². The molecule has 0 aliphatic rings. The summed E-state index contributed by atoms with van der Waals surface area (Å²) in [5.41, 5.74) is 1.73. The first-order chi connectivity index (χ1) is 14.6. The number of nitrogens with one attached hydrogen (secondary N) is 1. The zero-order valence-electron chi connectivity index (χ0n) is 16.8. The maximum absolute atomic E-state index is 12.5. The Kier molecular flexibility index (Phi) is 7.56. The number of ether oxygens (including phenoxy) is 1. The molecule has 30 heavy (non-hydrogen) atoms. The van der Waals surface area contributed by atoms with Crippen molar-refractivity contribution in [1.82, 2.24) is 25.5 Å². The molecule has 0 aliphatic heterocycles. The van der Waals surface area contributed by atoms with Crippen LogP contribution in [0.1, 0.15) is 12.5 Å². The van der Waals surface area contributed by atoms with Crippen LogP contribution in [-0.2, 0) is 27.3 Å². The lowest BCUT2D eigenvalue weighted by molar-refractivity contribution is -0.147. The van der Waals surface area contributed by atoms with Crippen molar-refractivity contribution in [3.05, 3.63) is 60.2 Å². The molecule has 1 amide bonds. The fourth-order valence-corrected chi connectivity index (χ4v) is 3.23. The number of hydrogen-bond acceptors (Lipinski definition) is 7. The highest BCUT2D eigenvalue weighted by atomic mass is 32.2. The topological polar surface area (TPSA) is 99.0 Å². The fourth-order valence-electron chi connectivity index (χ4n) is 2.82. The number of nitrogens with zero attached hydrogens (tertiary/aromatic N) is 4. The Morgan fingerprint density at radius 2 is 1.87 bits per heavy atom. The van der Waals surface area contributed by atoms with Gasteiger partial charge in [-0.1, -0.05) is 30.3 Å². The number of carbonyl (C=O) groups excluding carboxylic acids is 2. The van der Waals surface area contributed by atoms with Crippen molar-refractivity contribution in [2.45, 2.75) is 30.8 Å². The summed E-state index contributed by atoms with van der Waals surface area (Å²) in [5.74, 6) is -0.442. The van der Waals surface area contributed by atoms with Gasteiger partial charge in [-0.15, -0.1) is 22.0 Å².